The van der Waals surface area contributed by atoms with E-state index in [4.69, 9.17) is 11.6 Å². The first-order chi connectivity index (χ1) is 16.2. The van der Waals surface area contributed by atoms with Gasteiger partial charge in [0.25, 0.3) is 0 Å². The van der Waals surface area contributed by atoms with Crippen molar-refractivity contribution in [2.45, 2.75) is 83.2 Å². The standard InChI is InChI=1S/C28H33ClF4O/c1-18-2-4-19(5-3-18)6-7-20-8-10-21(11-9-20)22-12-15-27(26(31)16-22)34-28(32,33)23-13-14-24(29)25(30)17-23/h12-21H,2-11H2,1H3. The van der Waals surface area contributed by atoms with Gasteiger partial charge in [-0.1, -0.05) is 63.1 Å². The lowest BCUT2D eigenvalue weighted by Gasteiger charge is -2.31. The largest absolute Gasteiger partial charge is 0.426 e. The molecular formula is C28H33ClF4O. The van der Waals surface area contributed by atoms with Gasteiger partial charge in [-0.25, -0.2) is 8.78 Å². The Morgan fingerprint density at radius 2 is 1.44 bits per heavy atom. The molecule has 0 unspecified atom stereocenters. The van der Waals surface area contributed by atoms with Crippen molar-refractivity contribution in [1.82, 2.24) is 0 Å². The number of hydrogen-bond acceptors (Lipinski definition) is 1. The zero-order valence-electron chi connectivity index (χ0n) is 19.6. The predicted octanol–water partition coefficient (Wildman–Crippen LogP) is 9.63. The molecule has 2 aromatic carbocycles. The highest BCUT2D eigenvalue weighted by Crippen LogP contribution is 2.41. The summed E-state index contributed by atoms with van der Waals surface area (Å²) in [7, 11) is 0. The van der Waals surface area contributed by atoms with E-state index >= 15 is 0 Å². The Balaban J connectivity index is 1.30. The molecule has 0 heterocycles. The summed E-state index contributed by atoms with van der Waals surface area (Å²) in [6.07, 6.45) is 8.45. The number of rotatable bonds is 7. The fraction of sp³-hybridized carbons (Fsp3) is 0.571. The molecule has 0 atom stereocenters. The summed E-state index contributed by atoms with van der Waals surface area (Å²) >= 11 is 5.55. The predicted molar refractivity (Wildman–Crippen MR) is 127 cm³/mol. The van der Waals surface area contributed by atoms with Crippen LogP contribution in [0.5, 0.6) is 5.75 Å². The van der Waals surface area contributed by atoms with Crippen LogP contribution in [-0.4, -0.2) is 0 Å². The monoisotopic (exact) mass is 496 g/mol. The Morgan fingerprint density at radius 3 is 2.03 bits per heavy atom. The number of hydrogen-bond donors (Lipinski definition) is 0. The summed E-state index contributed by atoms with van der Waals surface area (Å²) in [4.78, 5) is 0. The maximum Gasteiger partial charge on any atom is 0.426 e. The third kappa shape index (κ3) is 6.27. The van der Waals surface area contributed by atoms with E-state index in [1.807, 2.05) is 0 Å². The second-order valence-electron chi connectivity index (χ2n) is 10.4. The molecule has 2 aromatic rings. The molecule has 0 aliphatic heterocycles. The summed E-state index contributed by atoms with van der Waals surface area (Å²) in [5.41, 5.74) is 0.101. The van der Waals surface area contributed by atoms with Crippen molar-refractivity contribution in [2.75, 3.05) is 0 Å². The van der Waals surface area contributed by atoms with Crippen molar-refractivity contribution in [3.8, 4) is 5.75 Å². The maximum absolute atomic E-state index is 14.7. The zero-order valence-corrected chi connectivity index (χ0v) is 20.4. The highest BCUT2D eigenvalue weighted by molar-refractivity contribution is 6.30. The quantitative estimate of drug-likeness (QED) is 0.347. The molecule has 2 aliphatic rings. The molecule has 0 spiro atoms. The van der Waals surface area contributed by atoms with Crippen LogP contribution in [0.3, 0.4) is 0 Å². The Hall–Kier alpha value is -1.75. The summed E-state index contributed by atoms with van der Waals surface area (Å²) in [6.45, 7) is 2.35. The Bertz CT molecular complexity index is 963. The molecule has 2 saturated carbocycles. The highest BCUT2D eigenvalue weighted by atomic mass is 35.5. The van der Waals surface area contributed by atoms with Crippen molar-refractivity contribution < 1.29 is 22.3 Å². The molecule has 2 aliphatic carbocycles. The molecule has 186 valence electrons. The molecule has 0 radical (unpaired) electrons. The molecule has 0 aromatic heterocycles. The fourth-order valence-corrected chi connectivity index (χ4v) is 5.72. The van der Waals surface area contributed by atoms with Crippen molar-refractivity contribution >= 4 is 11.6 Å². The summed E-state index contributed by atoms with van der Waals surface area (Å²) in [6, 6.07) is 6.82. The SMILES string of the molecule is CC1CCC(CCC2CCC(c3ccc(OC(F)(F)c4ccc(Cl)c(F)c4)c(F)c3)CC2)CC1. The van der Waals surface area contributed by atoms with Crippen LogP contribution >= 0.6 is 11.6 Å². The molecular weight excluding hydrogens is 464 g/mol. The van der Waals surface area contributed by atoms with Crippen LogP contribution in [0, 0.1) is 29.4 Å². The Morgan fingerprint density at radius 1 is 0.824 bits per heavy atom. The summed E-state index contributed by atoms with van der Waals surface area (Å²) in [5, 5.41) is -0.270. The molecule has 0 bridgehead atoms. The average molecular weight is 497 g/mol. The van der Waals surface area contributed by atoms with Crippen LogP contribution < -0.4 is 4.74 Å². The van der Waals surface area contributed by atoms with Crippen LogP contribution in [0.2, 0.25) is 5.02 Å². The second-order valence-corrected chi connectivity index (χ2v) is 10.8. The van der Waals surface area contributed by atoms with Gasteiger partial charge in [0, 0.05) is 0 Å². The van der Waals surface area contributed by atoms with Crippen molar-refractivity contribution in [3.63, 3.8) is 0 Å². The van der Waals surface area contributed by atoms with Gasteiger partial charge in [0.05, 0.1) is 10.6 Å². The fourth-order valence-electron chi connectivity index (χ4n) is 5.60. The minimum Gasteiger partial charge on any atom is -0.426 e. The van der Waals surface area contributed by atoms with Gasteiger partial charge in [0.1, 0.15) is 5.82 Å². The smallest absolute Gasteiger partial charge is 0.426 e. The van der Waals surface area contributed by atoms with Gasteiger partial charge in [-0.3, -0.25) is 0 Å². The topological polar surface area (TPSA) is 9.23 Å². The lowest BCUT2D eigenvalue weighted by atomic mass is 9.74. The summed E-state index contributed by atoms with van der Waals surface area (Å²) in [5.74, 6) is 0.373. The molecule has 0 saturated heterocycles. The van der Waals surface area contributed by atoms with Gasteiger partial charge in [0.15, 0.2) is 11.6 Å². The first-order valence-electron chi connectivity index (χ1n) is 12.5. The molecule has 34 heavy (non-hydrogen) atoms. The average Bonchev–Trinajstić information content (AvgIpc) is 2.82. The molecule has 0 N–H and O–H groups in total. The van der Waals surface area contributed by atoms with E-state index in [1.54, 1.807) is 6.07 Å². The van der Waals surface area contributed by atoms with Crippen molar-refractivity contribution in [1.29, 1.82) is 0 Å². The molecule has 6 heteroatoms. The Labute approximate surface area is 204 Å². The highest BCUT2D eigenvalue weighted by Gasteiger charge is 2.36. The van der Waals surface area contributed by atoms with Gasteiger partial charge in [-0.2, -0.15) is 8.78 Å². The second kappa shape index (κ2) is 10.9. The van der Waals surface area contributed by atoms with Crippen LogP contribution in [0.1, 0.15) is 88.2 Å². The van der Waals surface area contributed by atoms with E-state index in [0.717, 1.165) is 61.1 Å². The van der Waals surface area contributed by atoms with Gasteiger partial charge in [0.2, 0.25) is 0 Å². The minimum atomic E-state index is -3.89. The molecule has 4 rings (SSSR count). The van der Waals surface area contributed by atoms with Crippen LogP contribution in [0.15, 0.2) is 36.4 Å². The van der Waals surface area contributed by atoms with E-state index in [1.165, 1.54) is 50.7 Å². The van der Waals surface area contributed by atoms with Crippen LogP contribution in [0.25, 0.3) is 0 Å². The first-order valence-corrected chi connectivity index (χ1v) is 12.9. The summed E-state index contributed by atoms with van der Waals surface area (Å²) < 4.78 is 61.8. The van der Waals surface area contributed by atoms with Gasteiger partial charge in [-0.05, 0) is 85.3 Å². The number of halogens is 5. The first kappa shape index (κ1) is 25.3. The van der Waals surface area contributed by atoms with Crippen molar-refractivity contribution in [3.05, 3.63) is 64.2 Å². The van der Waals surface area contributed by atoms with E-state index in [-0.39, 0.29) is 10.9 Å². The number of ether oxygens (including phenoxy) is 1. The van der Waals surface area contributed by atoms with E-state index in [0.29, 0.717) is 6.07 Å². The molecule has 1 nitrogen and oxygen atoms in total. The van der Waals surface area contributed by atoms with E-state index in [9.17, 15) is 17.6 Å². The van der Waals surface area contributed by atoms with Gasteiger partial charge in [-0.15, -0.1) is 0 Å². The minimum absolute atomic E-state index is 0.237. The number of alkyl halides is 2. The number of benzene rings is 2. The molecule has 2 fully saturated rings. The lowest BCUT2D eigenvalue weighted by Crippen LogP contribution is -2.22. The lowest BCUT2D eigenvalue weighted by molar-refractivity contribution is -0.187. The van der Waals surface area contributed by atoms with E-state index in [2.05, 4.69) is 11.7 Å². The van der Waals surface area contributed by atoms with Crippen molar-refractivity contribution in [2.24, 2.45) is 17.8 Å². The van der Waals surface area contributed by atoms with Crippen LogP contribution in [0.4, 0.5) is 17.6 Å². The van der Waals surface area contributed by atoms with E-state index < -0.39 is 29.1 Å². The van der Waals surface area contributed by atoms with Gasteiger partial charge < -0.3 is 4.74 Å². The Kier molecular flexibility index (Phi) is 8.12. The third-order valence-corrected chi connectivity index (χ3v) is 8.19. The normalized spacial score (nSPS) is 25.8. The molecule has 0 amide bonds. The van der Waals surface area contributed by atoms with Gasteiger partial charge >= 0.3 is 6.11 Å². The zero-order chi connectivity index (χ0) is 24.3. The maximum atomic E-state index is 14.7. The van der Waals surface area contributed by atoms with Crippen LogP contribution in [-0.2, 0) is 6.11 Å². The third-order valence-electron chi connectivity index (χ3n) is 7.89.